The maximum Gasteiger partial charge on any atom is 0.251 e. The molecule has 0 aromatic heterocycles. The van der Waals surface area contributed by atoms with Crippen LogP contribution in [0.1, 0.15) is 47.2 Å². The molecule has 0 aliphatic rings. The summed E-state index contributed by atoms with van der Waals surface area (Å²) in [5, 5.41) is 5.59. The molecule has 2 amide bonds. The van der Waals surface area contributed by atoms with E-state index in [4.69, 9.17) is 0 Å². The van der Waals surface area contributed by atoms with Gasteiger partial charge in [0, 0.05) is 19.2 Å². The largest absolute Gasteiger partial charge is 0.355 e. The third-order valence-corrected chi connectivity index (χ3v) is 4.01. The van der Waals surface area contributed by atoms with Gasteiger partial charge >= 0.3 is 0 Å². The molecule has 4 heteroatoms. The number of amides is 2. The summed E-state index contributed by atoms with van der Waals surface area (Å²) in [5.74, 6) is -0.197. The lowest BCUT2D eigenvalue weighted by Crippen LogP contribution is -2.29. The second kappa shape index (κ2) is 8.87. The van der Waals surface area contributed by atoms with Gasteiger partial charge in [-0.15, -0.1) is 0 Å². The summed E-state index contributed by atoms with van der Waals surface area (Å²) in [4.78, 5) is 24.1. The van der Waals surface area contributed by atoms with Crippen LogP contribution in [0.2, 0.25) is 0 Å². The van der Waals surface area contributed by atoms with Crippen molar-refractivity contribution < 1.29 is 9.59 Å². The number of benzene rings is 2. The van der Waals surface area contributed by atoms with Crippen LogP contribution >= 0.6 is 0 Å². The van der Waals surface area contributed by atoms with Crippen LogP contribution in [0.4, 0.5) is 0 Å². The van der Waals surface area contributed by atoms with Crippen molar-refractivity contribution in [3.05, 3.63) is 71.3 Å². The number of hydrogen-bond acceptors (Lipinski definition) is 2. The molecule has 2 aromatic carbocycles. The Balaban J connectivity index is 1.99. The molecule has 0 spiro atoms. The highest BCUT2D eigenvalue weighted by Crippen LogP contribution is 2.21. The number of hydrogen-bond donors (Lipinski definition) is 2. The number of carbonyl (C=O) groups is 2. The van der Waals surface area contributed by atoms with E-state index in [2.05, 4.69) is 17.6 Å². The third-order valence-electron chi connectivity index (χ3n) is 4.01. The minimum Gasteiger partial charge on any atom is -0.355 e. The molecular formula is C20H24N2O2. The highest BCUT2D eigenvalue weighted by atomic mass is 16.2. The molecular weight excluding hydrogens is 300 g/mol. The van der Waals surface area contributed by atoms with Crippen molar-refractivity contribution in [2.24, 2.45) is 0 Å². The first-order valence-electron chi connectivity index (χ1n) is 8.29. The van der Waals surface area contributed by atoms with E-state index in [1.165, 1.54) is 0 Å². The fourth-order valence-corrected chi connectivity index (χ4v) is 2.65. The van der Waals surface area contributed by atoms with E-state index in [1.807, 2.05) is 42.5 Å². The molecule has 0 fully saturated rings. The van der Waals surface area contributed by atoms with E-state index in [-0.39, 0.29) is 17.7 Å². The van der Waals surface area contributed by atoms with Crippen LogP contribution in [0.25, 0.3) is 0 Å². The summed E-state index contributed by atoms with van der Waals surface area (Å²) >= 11 is 0. The fraction of sp³-hybridized carbons (Fsp3) is 0.300. The molecule has 0 bridgehead atoms. The van der Waals surface area contributed by atoms with E-state index in [0.717, 1.165) is 24.0 Å². The molecule has 2 aromatic rings. The monoisotopic (exact) mass is 324 g/mol. The van der Waals surface area contributed by atoms with E-state index in [0.29, 0.717) is 12.1 Å². The smallest absolute Gasteiger partial charge is 0.251 e. The lowest BCUT2D eigenvalue weighted by Gasteiger charge is -2.16. The van der Waals surface area contributed by atoms with Crippen LogP contribution in [0.3, 0.4) is 0 Å². The van der Waals surface area contributed by atoms with Gasteiger partial charge in [-0.1, -0.05) is 55.8 Å². The first kappa shape index (κ1) is 17.7. The van der Waals surface area contributed by atoms with Gasteiger partial charge in [0.2, 0.25) is 5.91 Å². The molecule has 1 atom stereocenters. The summed E-state index contributed by atoms with van der Waals surface area (Å²) in [6, 6.07) is 17.1. The zero-order valence-corrected chi connectivity index (χ0v) is 14.2. The number of rotatable bonds is 7. The molecule has 126 valence electrons. The van der Waals surface area contributed by atoms with E-state index in [9.17, 15) is 9.59 Å². The van der Waals surface area contributed by atoms with E-state index < -0.39 is 0 Å². The molecule has 2 N–H and O–H groups in total. The SMILES string of the molecule is CCCC(C(=O)NCc1ccc(C(=O)NC)cc1)c1ccccc1. The predicted octanol–water partition coefficient (Wildman–Crippen LogP) is 3.25. The number of nitrogens with one attached hydrogen (secondary N) is 2. The van der Waals surface area contributed by atoms with Crippen LogP contribution in [0, 0.1) is 0 Å². The van der Waals surface area contributed by atoms with Crippen molar-refractivity contribution in [1.82, 2.24) is 10.6 Å². The van der Waals surface area contributed by atoms with Gasteiger partial charge in [0.15, 0.2) is 0 Å². The Bertz CT molecular complexity index is 666. The Labute approximate surface area is 143 Å². The van der Waals surface area contributed by atoms with Crippen molar-refractivity contribution in [2.75, 3.05) is 7.05 Å². The normalized spacial score (nSPS) is 11.6. The second-order valence-corrected chi connectivity index (χ2v) is 5.75. The van der Waals surface area contributed by atoms with Crippen LogP contribution in [-0.4, -0.2) is 18.9 Å². The Hall–Kier alpha value is -2.62. The minimum atomic E-state index is -0.124. The quantitative estimate of drug-likeness (QED) is 0.821. The van der Waals surface area contributed by atoms with Crippen molar-refractivity contribution in [3.8, 4) is 0 Å². The minimum absolute atomic E-state index is 0.0402. The molecule has 0 saturated carbocycles. The summed E-state index contributed by atoms with van der Waals surface area (Å²) in [6.07, 6.45) is 1.78. The Kier molecular flexibility index (Phi) is 6.55. The lowest BCUT2D eigenvalue weighted by atomic mass is 9.93. The van der Waals surface area contributed by atoms with Gasteiger partial charge < -0.3 is 10.6 Å². The topological polar surface area (TPSA) is 58.2 Å². The Morgan fingerprint density at radius 2 is 1.67 bits per heavy atom. The van der Waals surface area contributed by atoms with E-state index in [1.54, 1.807) is 19.2 Å². The van der Waals surface area contributed by atoms with Crippen LogP contribution in [0.15, 0.2) is 54.6 Å². The lowest BCUT2D eigenvalue weighted by molar-refractivity contribution is -0.122. The molecule has 4 nitrogen and oxygen atoms in total. The summed E-state index contributed by atoms with van der Waals surface area (Å²) in [6.45, 7) is 2.54. The molecule has 0 saturated heterocycles. The van der Waals surface area contributed by atoms with Gasteiger partial charge in [-0.2, -0.15) is 0 Å². The van der Waals surface area contributed by atoms with Gasteiger partial charge in [0.05, 0.1) is 5.92 Å². The average Bonchev–Trinajstić information content (AvgIpc) is 2.64. The summed E-state index contributed by atoms with van der Waals surface area (Å²) in [5.41, 5.74) is 2.63. The molecule has 2 rings (SSSR count). The van der Waals surface area contributed by atoms with Crippen molar-refractivity contribution in [1.29, 1.82) is 0 Å². The Morgan fingerprint density at radius 1 is 1.00 bits per heavy atom. The van der Waals surface area contributed by atoms with Gasteiger partial charge in [0.25, 0.3) is 5.91 Å². The van der Waals surface area contributed by atoms with Gasteiger partial charge in [-0.3, -0.25) is 9.59 Å². The molecule has 1 unspecified atom stereocenters. The predicted molar refractivity (Wildman–Crippen MR) is 95.8 cm³/mol. The molecule has 0 heterocycles. The average molecular weight is 324 g/mol. The molecule has 0 aliphatic carbocycles. The van der Waals surface area contributed by atoms with Crippen molar-refractivity contribution >= 4 is 11.8 Å². The van der Waals surface area contributed by atoms with Gasteiger partial charge in [-0.05, 0) is 29.7 Å². The van der Waals surface area contributed by atoms with Crippen molar-refractivity contribution in [3.63, 3.8) is 0 Å². The zero-order valence-electron chi connectivity index (χ0n) is 14.2. The van der Waals surface area contributed by atoms with Crippen LogP contribution in [0.5, 0.6) is 0 Å². The second-order valence-electron chi connectivity index (χ2n) is 5.75. The standard InChI is InChI=1S/C20H24N2O2/c1-3-7-18(16-8-5-4-6-9-16)20(24)22-14-15-10-12-17(13-11-15)19(23)21-2/h4-6,8-13,18H,3,7,14H2,1-2H3,(H,21,23)(H,22,24). The highest BCUT2D eigenvalue weighted by molar-refractivity contribution is 5.94. The summed E-state index contributed by atoms with van der Waals surface area (Å²) < 4.78 is 0. The highest BCUT2D eigenvalue weighted by Gasteiger charge is 2.19. The first-order valence-corrected chi connectivity index (χ1v) is 8.29. The molecule has 0 aliphatic heterocycles. The first-order chi connectivity index (χ1) is 11.7. The molecule has 24 heavy (non-hydrogen) atoms. The summed E-state index contributed by atoms with van der Waals surface area (Å²) in [7, 11) is 1.61. The maximum absolute atomic E-state index is 12.6. The van der Waals surface area contributed by atoms with Crippen molar-refractivity contribution in [2.45, 2.75) is 32.2 Å². The van der Waals surface area contributed by atoms with Gasteiger partial charge in [-0.25, -0.2) is 0 Å². The van der Waals surface area contributed by atoms with Crippen LogP contribution < -0.4 is 10.6 Å². The molecule has 0 radical (unpaired) electrons. The fourth-order valence-electron chi connectivity index (χ4n) is 2.65. The van der Waals surface area contributed by atoms with Crippen LogP contribution in [-0.2, 0) is 11.3 Å². The maximum atomic E-state index is 12.6. The Morgan fingerprint density at radius 3 is 2.25 bits per heavy atom. The van der Waals surface area contributed by atoms with E-state index >= 15 is 0 Å². The third kappa shape index (κ3) is 4.69. The zero-order chi connectivity index (χ0) is 17.4. The number of carbonyl (C=O) groups excluding carboxylic acids is 2. The van der Waals surface area contributed by atoms with Gasteiger partial charge in [0.1, 0.15) is 0 Å².